The molecule has 12 heavy (non-hydrogen) atoms. The number of rotatable bonds is 3. The van der Waals surface area contributed by atoms with E-state index in [1.807, 2.05) is 0 Å². The van der Waals surface area contributed by atoms with Gasteiger partial charge in [-0.05, 0) is 0 Å². The Labute approximate surface area is 69.0 Å². The molecule has 0 saturated heterocycles. The highest BCUT2D eigenvalue weighted by Gasteiger charge is 2.20. The number of aryl methyl sites for hydroxylation is 1. The van der Waals surface area contributed by atoms with Gasteiger partial charge in [0.1, 0.15) is 5.92 Å². The molecule has 0 saturated carbocycles. The minimum atomic E-state index is -0.974. The minimum absolute atomic E-state index is 0.0357. The monoisotopic (exact) mass is 170 g/mol. The zero-order valence-electron chi connectivity index (χ0n) is 6.64. The second-order valence-corrected chi connectivity index (χ2v) is 2.44. The highest BCUT2D eigenvalue weighted by atomic mass is 16.4. The molecule has 0 radical (unpaired) electrons. The van der Waals surface area contributed by atoms with Gasteiger partial charge in [-0.1, -0.05) is 5.21 Å². The molecule has 1 heterocycles. The highest BCUT2D eigenvalue weighted by molar-refractivity contribution is 5.75. The number of aliphatic carboxylic acids is 1. The van der Waals surface area contributed by atoms with Crippen LogP contribution in [0.1, 0.15) is 11.6 Å². The first kappa shape index (κ1) is 8.66. The molecular weight excluding hydrogens is 160 g/mol. The predicted molar refractivity (Wildman–Crippen MR) is 40.4 cm³/mol. The second-order valence-electron chi connectivity index (χ2n) is 2.44. The second kappa shape index (κ2) is 3.31. The number of nitrogens with zero attached hydrogens (tertiary/aromatic N) is 3. The molecule has 0 aliphatic rings. The summed E-state index contributed by atoms with van der Waals surface area (Å²) in [6.45, 7) is 0.0357. The lowest BCUT2D eigenvalue weighted by molar-refractivity contribution is -0.138. The Balaban J connectivity index is 2.87. The summed E-state index contributed by atoms with van der Waals surface area (Å²) in [6, 6.07) is 0. The molecule has 1 aromatic heterocycles. The summed E-state index contributed by atoms with van der Waals surface area (Å²) in [4.78, 5) is 10.6. The Morgan fingerprint density at radius 2 is 2.58 bits per heavy atom. The van der Waals surface area contributed by atoms with E-state index in [4.69, 9.17) is 10.8 Å². The van der Waals surface area contributed by atoms with E-state index >= 15 is 0 Å². The van der Waals surface area contributed by atoms with Gasteiger partial charge in [-0.25, -0.2) is 0 Å². The summed E-state index contributed by atoms with van der Waals surface area (Å²) >= 11 is 0. The van der Waals surface area contributed by atoms with Crippen molar-refractivity contribution in [2.24, 2.45) is 12.8 Å². The topological polar surface area (TPSA) is 94.0 Å². The van der Waals surface area contributed by atoms with Crippen LogP contribution in [0.4, 0.5) is 0 Å². The maximum absolute atomic E-state index is 10.6. The summed E-state index contributed by atoms with van der Waals surface area (Å²) in [7, 11) is 1.67. The van der Waals surface area contributed by atoms with Crippen LogP contribution in [0.3, 0.4) is 0 Å². The Morgan fingerprint density at radius 3 is 2.92 bits per heavy atom. The first-order valence-electron chi connectivity index (χ1n) is 3.44. The molecule has 0 aliphatic carbocycles. The maximum Gasteiger partial charge on any atom is 0.314 e. The molecule has 6 heteroatoms. The van der Waals surface area contributed by atoms with Crippen LogP contribution in [0.5, 0.6) is 0 Å². The average Bonchev–Trinajstić information content (AvgIpc) is 2.37. The molecule has 0 spiro atoms. The summed E-state index contributed by atoms with van der Waals surface area (Å²) in [5.74, 6) is -1.73. The molecule has 1 atom stereocenters. The third kappa shape index (κ3) is 1.59. The summed E-state index contributed by atoms with van der Waals surface area (Å²) < 4.78 is 1.45. The van der Waals surface area contributed by atoms with Crippen LogP contribution < -0.4 is 5.73 Å². The van der Waals surface area contributed by atoms with Crippen molar-refractivity contribution in [3.8, 4) is 0 Å². The van der Waals surface area contributed by atoms with Crippen molar-refractivity contribution >= 4 is 5.97 Å². The van der Waals surface area contributed by atoms with Crippen LogP contribution in [-0.4, -0.2) is 32.6 Å². The molecule has 0 bridgehead atoms. The van der Waals surface area contributed by atoms with Crippen LogP contribution >= 0.6 is 0 Å². The normalized spacial score (nSPS) is 12.8. The van der Waals surface area contributed by atoms with Gasteiger partial charge in [-0.15, -0.1) is 5.10 Å². The van der Waals surface area contributed by atoms with Crippen molar-refractivity contribution in [2.45, 2.75) is 5.92 Å². The highest BCUT2D eigenvalue weighted by Crippen LogP contribution is 2.09. The lowest BCUT2D eigenvalue weighted by atomic mass is 10.1. The van der Waals surface area contributed by atoms with Crippen molar-refractivity contribution in [1.82, 2.24) is 15.0 Å². The molecule has 1 aromatic rings. The van der Waals surface area contributed by atoms with E-state index in [0.717, 1.165) is 0 Å². The number of carboxylic acids is 1. The lowest BCUT2D eigenvalue weighted by Crippen LogP contribution is -2.21. The number of hydrogen-bond donors (Lipinski definition) is 2. The van der Waals surface area contributed by atoms with Gasteiger partial charge in [0, 0.05) is 19.8 Å². The van der Waals surface area contributed by atoms with Crippen LogP contribution in [0.15, 0.2) is 6.20 Å². The van der Waals surface area contributed by atoms with Gasteiger partial charge in [-0.2, -0.15) is 0 Å². The van der Waals surface area contributed by atoms with E-state index in [9.17, 15) is 4.79 Å². The average molecular weight is 170 g/mol. The Bertz CT molecular complexity index is 283. The van der Waals surface area contributed by atoms with Gasteiger partial charge in [-0.3, -0.25) is 9.48 Å². The van der Waals surface area contributed by atoms with Crippen molar-refractivity contribution in [3.05, 3.63) is 11.9 Å². The quantitative estimate of drug-likeness (QED) is 0.603. The van der Waals surface area contributed by atoms with Crippen LogP contribution in [0.2, 0.25) is 0 Å². The van der Waals surface area contributed by atoms with E-state index in [1.54, 1.807) is 13.2 Å². The molecule has 6 nitrogen and oxygen atoms in total. The van der Waals surface area contributed by atoms with E-state index in [0.29, 0.717) is 5.69 Å². The van der Waals surface area contributed by atoms with Gasteiger partial charge >= 0.3 is 5.97 Å². The lowest BCUT2D eigenvalue weighted by Gasteiger charge is -2.03. The van der Waals surface area contributed by atoms with E-state index in [1.165, 1.54) is 4.68 Å². The van der Waals surface area contributed by atoms with E-state index < -0.39 is 11.9 Å². The molecule has 1 rings (SSSR count). The zero-order chi connectivity index (χ0) is 9.14. The maximum atomic E-state index is 10.6. The van der Waals surface area contributed by atoms with E-state index in [2.05, 4.69) is 10.3 Å². The standard InChI is InChI=1S/C6H10N4O2/c1-10-3-5(8-9-10)4(2-7)6(11)12/h3-4H,2,7H2,1H3,(H,11,12). The molecule has 1 unspecified atom stereocenters. The smallest absolute Gasteiger partial charge is 0.314 e. The van der Waals surface area contributed by atoms with Crippen molar-refractivity contribution < 1.29 is 9.90 Å². The van der Waals surface area contributed by atoms with Gasteiger partial charge in [0.15, 0.2) is 0 Å². The fraction of sp³-hybridized carbons (Fsp3) is 0.500. The number of carbonyl (C=O) groups is 1. The van der Waals surface area contributed by atoms with Gasteiger partial charge in [0.05, 0.1) is 5.69 Å². The zero-order valence-corrected chi connectivity index (χ0v) is 6.64. The molecule has 0 aromatic carbocycles. The van der Waals surface area contributed by atoms with Gasteiger partial charge < -0.3 is 10.8 Å². The number of aromatic nitrogens is 3. The van der Waals surface area contributed by atoms with Crippen LogP contribution in [-0.2, 0) is 11.8 Å². The van der Waals surface area contributed by atoms with Crippen LogP contribution in [0, 0.1) is 0 Å². The van der Waals surface area contributed by atoms with Gasteiger partial charge in [0.2, 0.25) is 0 Å². The first-order valence-corrected chi connectivity index (χ1v) is 3.44. The van der Waals surface area contributed by atoms with Crippen molar-refractivity contribution in [3.63, 3.8) is 0 Å². The first-order chi connectivity index (χ1) is 5.65. The molecule has 0 amide bonds. The molecule has 0 aliphatic heterocycles. The fourth-order valence-electron chi connectivity index (χ4n) is 0.873. The van der Waals surface area contributed by atoms with Crippen LogP contribution in [0.25, 0.3) is 0 Å². The molecule has 0 fully saturated rings. The number of carboxylic acid groups (broad SMARTS) is 1. The third-order valence-corrected chi connectivity index (χ3v) is 1.51. The summed E-state index contributed by atoms with van der Waals surface area (Å²) in [5.41, 5.74) is 5.65. The Kier molecular flexibility index (Phi) is 2.39. The Morgan fingerprint density at radius 1 is 1.92 bits per heavy atom. The molecule has 3 N–H and O–H groups in total. The number of hydrogen-bond acceptors (Lipinski definition) is 4. The molecular formula is C6H10N4O2. The SMILES string of the molecule is Cn1cc(C(CN)C(=O)O)nn1. The third-order valence-electron chi connectivity index (χ3n) is 1.51. The Hall–Kier alpha value is -1.43. The summed E-state index contributed by atoms with van der Waals surface area (Å²) in [6.07, 6.45) is 1.55. The predicted octanol–water partition coefficient (Wildman–Crippen LogP) is -1.06. The van der Waals surface area contributed by atoms with Gasteiger partial charge in [0.25, 0.3) is 0 Å². The largest absolute Gasteiger partial charge is 0.481 e. The number of nitrogens with two attached hydrogens (primary N) is 1. The van der Waals surface area contributed by atoms with E-state index in [-0.39, 0.29) is 6.54 Å². The van der Waals surface area contributed by atoms with Crippen molar-refractivity contribution in [2.75, 3.05) is 6.54 Å². The summed E-state index contributed by atoms with van der Waals surface area (Å²) in [5, 5.41) is 16.0. The fourth-order valence-corrected chi connectivity index (χ4v) is 0.873. The van der Waals surface area contributed by atoms with Crippen molar-refractivity contribution in [1.29, 1.82) is 0 Å². The molecule has 66 valence electrons. The minimum Gasteiger partial charge on any atom is -0.481 e.